The average Bonchev–Trinajstić information content (AvgIpc) is 2.71. The van der Waals surface area contributed by atoms with E-state index in [1.165, 1.54) is 12.1 Å². The number of benzene rings is 3. The molecule has 158 valence electrons. The van der Waals surface area contributed by atoms with Gasteiger partial charge in [0, 0.05) is 15.7 Å². The molecule has 1 heterocycles. The third-order valence-electron chi connectivity index (χ3n) is 4.72. The first-order valence-electron chi connectivity index (χ1n) is 9.31. The Morgan fingerprint density at radius 2 is 1.39 bits per heavy atom. The Morgan fingerprint density at radius 1 is 0.774 bits per heavy atom. The van der Waals surface area contributed by atoms with Crippen molar-refractivity contribution in [1.29, 1.82) is 0 Å². The maximum absolute atomic E-state index is 13.0. The van der Waals surface area contributed by atoms with E-state index in [1.807, 2.05) is 26.0 Å². The first kappa shape index (κ1) is 21.4. The molecule has 0 saturated carbocycles. The number of fused-ring (bicyclic) bond motifs is 1. The lowest BCUT2D eigenvalue weighted by molar-refractivity contribution is 0.601. The normalized spacial score (nSPS) is 11.5. The molecule has 0 amide bonds. The van der Waals surface area contributed by atoms with E-state index in [0.29, 0.717) is 26.8 Å². The van der Waals surface area contributed by atoms with Crippen LogP contribution in [0, 0.1) is 13.8 Å². The Hall–Kier alpha value is -2.87. The van der Waals surface area contributed by atoms with Crippen LogP contribution in [0.4, 0.5) is 17.3 Å². The Morgan fingerprint density at radius 3 is 2.00 bits per heavy atom. The third-order valence-corrected chi connectivity index (χ3v) is 6.55. The van der Waals surface area contributed by atoms with Crippen molar-refractivity contribution in [2.24, 2.45) is 0 Å². The second-order valence-electron chi connectivity index (χ2n) is 7.04. The van der Waals surface area contributed by atoms with Crippen LogP contribution in [0.5, 0.6) is 0 Å². The van der Waals surface area contributed by atoms with Gasteiger partial charge in [0.05, 0.1) is 15.9 Å². The van der Waals surface area contributed by atoms with Crippen LogP contribution in [0.25, 0.3) is 11.0 Å². The highest BCUT2D eigenvalue weighted by molar-refractivity contribution is 7.92. The van der Waals surface area contributed by atoms with E-state index in [0.717, 1.165) is 11.1 Å². The number of anilines is 3. The lowest BCUT2D eigenvalue weighted by atomic mass is 10.1. The largest absolute Gasteiger partial charge is 0.337 e. The van der Waals surface area contributed by atoms with Crippen LogP contribution < -0.4 is 10.0 Å². The van der Waals surface area contributed by atoms with E-state index < -0.39 is 10.0 Å². The van der Waals surface area contributed by atoms with Crippen molar-refractivity contribution < 1.29 is 8.42 Å². The SMILES string of the molecule is Cc1cc2nc(Nc3ccc(Cl)cc3)c(NS(=O)(=O)c3cccc(Cl)c3)nc2cc1C. The zero-order valence-corrected chi connectivity index (χ0v) is 19.0. The van der Waals surface area contributed by atoms with Crippen LogP contribution in [0.2, 0.25) is 10.0 Å². The molecule has 1 aromatic heterocycles. The van der Waals surface area contributed by atoms with Crippen LogP contribution in [-0.2, 0) is 10.0 Å². The molecule has 0 saturated heterocycles. The number of sulfonamides is 1. The molecule has 3 aromatic carbocycles. The first-order chi connectivity index (χ1) is 14.7. The number of hydrogen-bond acceptors (Lipinski definition) is 5. The van der Waals surface area contributed by atoms with Gasteiger partial charge in [-0.25, -0.2) is 18.4 Å². The van der Waals surface area contributed by atoms with Gasteiger partial charge in [-0.3, -0.25) is 4.72 Å². The maximum atomic E-state index is 13.0. The highest BCUT2D eigenvalue weighted by Crippen LogP contribution is 2.29. The zero-order valence-electron chi connectivity index (χ0n) is 16.6. The predicted octanol–water partition coefficient (Wildman–Crippen LogP) is 6.10. The van der Waals surface area contributed by atoms with E-state index >= 15 is 0 Å². The summed E-state index contributed by atoms with van der Waals surface area (Å²) in [6, 6.07) is 16.8. The fourth-order valence-electron chi connectivity index (χ4n) is 2.96. The van der Waals surface area contributed by atoms with Gasteiger partial charge in [-0.15, -0.1) is 0 Å². The van der Waals surface area contributed by atoms with Gasteiger partial charge in [-0.2, -0.15) is 0 Å². The van der Waals surface area contributed by atoms with E-state index in [4.69, 9.17) is 23.2 Å². The zero-order chi connectivity index (χ0) is 22.2. The van der Waals surface area contributed by atoms with Crippen LogP contribution >= 0.6 is 23.2 Å². The molecule has 0 aliphatic rings. The molecule has 0 aliphatic heterocycles. The molecule has 31 heavy (non-hydrogen) atoms. The van der Waals surface area contributed by atoms with Crippen molar-refractivity contribution in [3.8, 4) is 0 Å². The van der Waals surface area contributed by atoms with Gasteiger partial charge in [-0.1, -0.05) is 29.3 Å². The minimum atomic E-state index is -3.94. The summed E-state index contributed by atoms with van der Waals surface area (Å²) in [5.41, 5.74) is 4.00. The molecule has 0 radical (unpaired) electrons. The van der Waals surface area contributed by atoms with Gasteiger partial charge in [-0.05, 0) is 79.6 Å². The molecule has 0 fully saturated rings. The molecule has 4 rings (SSSR count). The molecule has 6 nitrogen and oxygen atoms in total. The fourth-order valence-corrected chi connectivity index (χ4v) is 4.40. The van der Waals surface area contributed by atoms with E-state index in [2.05, 4.69) is 20.0 Å². The fraction of sp³-hybridized carbons (Fsp3) is 0.0909. The molecule has 4 aromatic rings. The van der Waals surface area contributed by atoms with Gasteiger partial charge < -0.3 is 5.32 Å². The average molecular weight is 473 g/mol. The van der Waals surface area contributed by atoms with E-state index in [-0.39, 0.29) is 16.5 Å². The van der Waals surface area contributed by atoms with Gasteiger partial charge in [0.25, 0.3) is 10.0 Å². The summed E-state index contributed by atoms with van der Waals surface area (Å²) in [6.07, 6.45) is 0. The summed E-state index contributed by atoms with van der Waals surface area (Å²) in [7, 11) is -3.94. The van der Waals surface area contributed by atoms with Gasteiger partial charge in [0.1, 0.15) is 0 Å². The molecule has 0 unspecified atom stereocenters. The van der Waals surface area contributed by atoms with Crippen molar-refractivity contribution in [3.63, 3.8) is 0 Å². The maximum Gasteiger partial charge on any atom is 0.263 e. The van der Waals surface area contributed by atoms with Crippen molar-refractivity contribution >= 4 is 61.6 Å². The van der Waals surface area contributed by atoms with E-state index in [1.54, 1.807) is 36.4 Å². The van der Waals surface area contributed by atoms with E-state index in [9.17, 15) is 8.42 Å². The van der Waals surface area contributed by atoms with Crippen LogP contribution in [0.15, 0.2) is 65.6 Å². The van der Waals surface area contributed by atoms with Crippen molar-refractivity contribution in [1.82, 2.24) is 9.97 Å². The number of aryl methyl sites for hydroxylation is 2. The van der Waals surface area contributed by atoms with Gasteiger partial charge in [0.2, 0.25) is 0 Å². The van der Waals surface area contributed by atoms with Crippen molar-refractivity contribution in [2.45, 2.75) is 18.7 Å². The quantitative estimate of drug-likeness (QED) is 0.366. The minimum absolute atomic E-state index is 0.0272. The van der Waals surface area contributed by atoms with Crippen molar-refractivity contribution in [3.05, 3.63) is 81.8 Å². The third kappa shape index (κ3) is 4.74. The summed E-state index contributed by atoms with van der Waals surface area (Å²) in [5.74, 6) is 0.342. The molecule has 0 atom stereocenters. The first-order valence-corrected chi connectivity index (χ1v) is 11.6. The summed E-state index contributed by atoms with van der Waals surface area (Å²) in [5, 5.41) is 4.03. The summed E-state index contributed by atoms with van der Waals surface area (Å²) < 4.78 is 28.5. The molecule has 0 bridgehead atoms. The van der Waals surface area contributed by atoms with Crippen LogP contribution in [0.3, 0.4) is 0 Å². The standard InChI is InChI=1S/C22H18Cl2N4O2S/c1-13-10-19-20(11-14(13)2)27-22(21(26-19)25-17-8-6-15(23)7-9-17)28-31(29,30)18-5-3-4-16(24)12-18/h3-12H,1-2H3,(H,25,26)(H,27,28). The highest BCUT2D eigenvalue weighted by Gasteiger charge is 2.19. The van der Waals surface area contributed by atoms with Crippen LogP contribution in [0.1, 0.15) is 11.1 Å². The molecule has 0 spiro atoms. The second kappa shape index (κ2) is 8.34. The number of hydrogen-bond donors (Lipinski definition) is 2. The summed E-state index contributed by atoms with van der Waals surface area (Å²) in [6.45, 7) is 3.95. The Balaban J connectivity index is 1.82. The molecular weight excluding hydrogens is 455 g/mol. The molecule has 9 heteroatoms. The second-order valence-corrected chi connectivity index (χ2v) is 9.60. The number of nitrogens with one attached hydrogen (secondary N) is 2. The number of halogens is 2. The molecular formula is C22H18Cl2N4O2S. The topological polar surface area (TPSA) is 84.0 Å². The summed E-state index contributed by atoms with van der Waals surface area (Å²) in [4.78, 5) is 9.21. The predicted molar refractivity (Wildman–Crippen MR) is 126 cm³/mol. The Labute approximate surface area is 190 Å². The Bertz CT molecular complexity index is 1390. The lowest BCUT2D eigenvalue weighted by Gasteiger charge is -2.15. The molecule has 2 N–H and O–H groups in total. The number of aromatic nitrogens is 2. The van der Waals surface area contributed by atoms with Crippen molar-refractivity contribution in [2.75, 3.05) is 10.0 Å². The number of rotatable bonds is 5. The smallest absolute Gasteiger partial charge is 0.263 e. The lowest BCUT2D eigenvalue weighted by Crippen LogP contribution is -2.16. The Kier molecular flexibility index (Phi) is 5.75. The minimum Gasteiger partial charge on any atom is -0.337 e. The van der Waals surface area contributed by atoms with Crippen LogP contribution in [-0.4, -0.2) is 18.4 Å². The summed E-state index contributed by atoms with van der Waals surface area (Å²) >= 11 is 11.9. The monoisotopic (exact) mass is 472 g/mol. The highest BCUT2D eigenvalue weighted by atomic mass is 35.5. The van der Waals surface area contributed by atoms with Gasteiger partial charge >= 0.3 is 0 Å². The van der Waals surface area contributed by atoms with Gasteiger partial charge in [0.15, 0.2) is 11.6 Å². The number of nitrogens with zero attached hydrogens (tertiary/aromatic N) is 2. The molecule has 0 aliphatic carbocycles.